The van der Waals surface area contributed by atoms with Crippen molar-refractivity contribution in [3.8, 4) is 67.0 Å². The summed E-state index contributed by atoms with van der Waals surface area (Å²) in [4.78, 5) is 10.3. The van der Waals surface area contributed by atoms with Gasteiger partial charge in [-0.1, -0.05) is 136 Å². The Hall–Kier alpha value is -6.12. The van der Waals surface area contributed by atoms with Crippen LogP contribution < -0.4 is 0 Å². The molecule has 0 radical (unpaired) electrons. The van der Waals surface area contributed by atoms with Crippen molar-refractivity contribution in [3.63, 3.8) is 0 Å². The van der Waals surface area contributed by atoms with Crippen LogP contribution in [0.3, 0.4) is 0 Å². The Morgan fingerprint density at radius 2 is 0.611 bits per heavy atom. The molecular weight excluding hydrogens is 653 g/mol. The molecule has 2 aromatic heterocycles. The molecule has 0 fully saturated rings. The summed E-state index contributed by atoms with van der Waals surface area (Å²) in [6.45, 7) is 13.7. The molecule has 54 heavy (non-hydrogen) atoms. The Kier molecular flexibility index (Phi) is 7.04. The third kappa shape index (κ3) is 5.01. The molecule has 0 unspecified atom stereocenters. The summed E-state index contributed by atoms with van der Waals surface area (Å²) in [5, 5.41) is 0. The highest BCUT2D eigenvalue weighted by Crippen LogP contribution is 2.52. The molecule has 0 saturated carbocycles. The van der Waals surface area contributed by atoms with Gasteiger partial charge in [0.2, 0.25) is 0 Å². The van der Waals surface area contributed by atoms with Gasteiger partial charge >= 0.3 is 0 Å². The number of aryl methyl sites for hydroxylation is 2. The lowest BCUT2D eigenvalue weighted by Gasteiger charge is -2.22. The molecule has 260 valence electrons. The lowest BCUT2D eigenvalue weighted by Crippen LogP contribution is -2.15. The molecule has 8 aromatic rings. The number of aromatic nitrogens is 2. The van der Waals surface area contributed by atoms with Crippen LogP contribution in [0.25, 0.3) is 78.1 Å². The van der Waals surface area contributed by atoms with Gasteiger partial charge in [-0.15, -0.1) is 0 Å². The highest BCUT2D eigenvalue weighted by molar-refractivity contribution is 5.88. The van der Waals surface area contributed by atoms with Crippen molar-refractivity contribution in [3.05, 3.63) is 179 Å². The van der Waals surface area contributed by atoms with Gasteiger partial charge in [0, 0.05) is 22.0 Å². The van der Waals surface area contributed by atoms with Gasteiger partial charge in [-0.25, -0.2) is 9.97 Å². The summed E-state index contributed by atoms with van der Waals surface area (Å²) in [6, 6.07) is 53.8. The van der Waals surface area contributed by atoms with E-state index < -0.39 is 0 Å². The molecule has 0 saturated heterocycles. The Bertz CT molecular complexity index is 2620. The second-order valence-corrected chi connectivity index (χ2v) is 16.5. The lowest BCUT2D eigenvalue weighted by molar-refractivity contribution is 0.660. The third-order valence-corrected chi connectivity index (χ3v) is 12.3. The molecule has 2 heteroatoms. The summed E-state index contributed by atoms with van der Waals surface area (Å²) in [5.41, 5.74) is 24.1. The second kappa shape index (κ2) is 11.7. The Morgan fingerprint density at radius 1 is 0.315 bits per heavy atom. The van der Waals surface area contributed by atoms with Crippen molar-refractivity contribution in [2.75, 3.05) is 0 Å². The van der Waals surface area contributed by atoms with Crippen LogP contribution in [0.4, 0.5) is 0 Å². The van der Waals surface area contributed by atoms with Crippen LogP contribution in [0.2, 0.25) is 0 Å². The predicted molar refractivity (Wildman–Crippen MR) is 226 cm³/mol. The molecule has 6 aromatic carbocycles. The summed E-state index contributed by atoms with van der Waals surface area (Å²) >= 11 is 0. The van der Waals surface area contributed by atoms with Gasteiger partial charge in [-0.05, 0) is 129 Å². The quantitative estimate of drug-likeness (QED) is 0.183. The predicted octanol–water partition coefficient (Wildman–Crippen LogP) is 13.5. The van der Waals surface area contributed by atoms with E-state index in [-0.39, 0.29) is 10.8 Å². The average molecular weight is 695 g/mol. The van der Waals surface area contributed by atoms with Crippen molar-refractivity contribution in [1.82, 2.24) is 9.97 Å². The van der Waals surface area contributed by atoms with E-state index in [1.807, 2.05) is 0 Å². The van der Waals surface area contributed by atoms with E-state index in [2.05, 4.69) is 187 Å². The number of hydrogen-bond donors (Lipinski definition) is 0. The highest BCUT2D eigenvalue weighted by atomic mass is 14.8. The van der Waals surface area contributed by atoms with Gasteiger partial charge in [-0.2, -0.15) is 0 Å². The SMILES string of the molecule is Cc1ccc(-c2ccc3c(c2)C(C)(C)c2cc(-c4ccc5nc(-c6ccc7c(c6)C(C)(C)c6cc(-c8ccc(C)cc8)ccc6-7)ccc5n4)ccc2-3)cc1. The van der Waals surface area contributed by atoms with E-state index in [4.69, 9.17) is 9.97 Å². The summed E-state index contributed by atoms with van der Waals surface area (Å²) in [7, 11) is 0. The van der Waals surface area contributed by atoms with E-state index >= 15 is 0 Å². The lowest BCUT2D eigenvalue weighted by atomic mass is 9.81. The minimum atomic E-state index is -0.121. The molecule has 0 amide bonds. The minimum absolute atomic E-state index is 0.121. The second-order valence-electron chi connectivity index (χ2n) is 16.5. The zero-order valence-corrected chi connectivity index (χ0v) is 31.8. The van der Waals surface area contributed by atoms with Crippen molar-refractivity contribution in [1.29, 1.82) is 0 Å². The van der Waals surface area contributed by atoms with Crippen LogP contribution in [0.5, 0.6) is 0 Å². The van der Waals surface area contributed by atoms with Crippen molar-refractivity contribution >= 4 is 11.0 Å². The van der Waals surface area contributed by atoms with E-state index in [0.717, 1.165) is 33.5 Å². The van der Waals surface area contributed by atoms with Crippen LogP contribution in [-0.4, -0.2) is 9.97 Å². The summed E-state index contributed by atoms with van der Waals surface area (Å²) in [5.74, 6) is 0. The number of rotatable bonds is 4. The van der Waals surface area contributed by atoms with E-state index in [9.17, 15) is 0 Å². The smallest absolute Gasteiger partial charge is 0.0894 e. The monoisotopic (exact) mass is 694 g/mol. The zero-order chi connectivity index (χ0) is 36.9. The van der Waals surface area contributed by atoms with Crippen molar-refractivity contribution in [2.45, 2.75) is 52.4 Å². The van der Waals surface area contributed by atoms with Gasteiger partial charge in [-0.3, -0.25) is 0 Å². The molecule has 2 heterocycles. The topological polar surface area (TPSA) is 25.8 Å². The standard InChI is InChI=1S/C52H42N2/c1-31-7-11-33(12-8-31)35-15-19-39-41-21-17-37(29-45(41)51(3,4)43(39)27-35)47-23-25-50-49(53-47)26-24-48(54-50)38-18-22-42-40-20-16-36(34-13-9-32(2)10-14-34)28-44(40)52(5,6)46(42)30-38/h7-30H,1-6H3. The largest absolute Gasteiger partial charge is 0.246 e. The fourth-order valence-corrected chi connectivity index (χ4v) is 8.98. The molecule has 2 aliphatic rings. The normalized spacial score (nSPS) is 14.4. The number of fused-ring (bicyclic) bond motifs is 7. The van der Waals surface area contributed by atoms with Gasteiger partial charge in [0.25, 0.3) is 0 Å². The number of nitrogens with zero attached hydrogens (tertiary/aromatic N) is 2. The molecule has 0 atom stereocenters. The fourth-order valence-electron chi connectivity index (χ4n) is 8.98. The first-order chi connectivity index (χ1) is 26.0. The average Bonchev–Trinajstić information content (AvgIpc) is 3.56. The van der Waals surface area contributed by atoms with Gasteiger partial charge in [0.05, 0.1) is 22.4 Å². The molecule has 0 bridgehead atoms. The van der Waals surface area contributed by atoms with Crippen LogP contribution in [0.15, 0.2) is 146 Å². The Balaban J connectivity index is 0.947. The number of hydrogen-bond acceptors (Lipinski definition) is 2. The summed E-state index contributed by atoms with van der Waals surface area (Å²) < 4.78 is 0. The first-order valence-electron chi connectivity index (χ1n) is 19.1. The maximum absolute atomic E-state index is 5.15. The first kappa shape index (κ1) is 32.5. The van der Waals surface area contributed by atoms with Gasteiger partial charge < -0.3 is 0 Å². The van der Waals surface area contributed by atoms with Crippen LogP contribution in [0, 0.1) is 13.8 Å². The molecule has 0 spiro atoms. The van der Waals surface area contributed by atoms with Gasteiger partial charge in [0.1, 0.15) is 0 Å². The zero-order valence-electron chi connectivity index (χ0n) is 31.8. The number of benzene rings is 6. The Labute approximate surface area is 318 Å². The highest BCUT2D eigenvalue weighted by Gasteiger charge is 2.37. The molecular formula is C52H42N2. The Morgan fingerprint density at radius 3 is 0.963 bits per heavy atom. The molecule has 10 rings (SSSR count). The molecule has 2 aliphatic carbocycles. The molecule has 2 nitrogen and oxygen atoms in total. The fraction of sp³-hybridized carbons (Fsp3) is 0.154. The minimum Gasteiger partial charge on any atom is -0.246 e. The maximum atomic E-state index is 5.15. The molecule has 0 aliphatic heterocycles. The van der Waals surface area contributed by atoms with Crippen LogP contribution >= 0.6 is 0 Å². The van der Waals surface area contributed by atoms with Crippen molar-refractivity contribution < 1.29 is 0 Å². The van der Waals surface area contributed by atoms with E-state index in [1.54, 1.807) is 0 Å². The first-order valence-corrected chi connectivity index (χ1v) is 19.1. The van der Waals surface area contributed by atoms with E-state index in [1.165, 1.54) is 77.9 Å². The maximum Gasteiger partial charge on any atom is 0.0894 e. The molecule has 0 N–H and O–H groups in total. The van der Waals surface area contributed by atoms with Crippen molar-refractivity contribution in [2.24, 2.45) is 0 Å². The van der Waals surface area contributed by atoms with Crippen LogP contribution in [-0.2, 0) is 10.8 Å². The number of pyridine rings is 2. The van der Waals surface area contributed by atoms with E-state index in [0.29, 0.717) is 0 Å². The third-order valence-electron chi connectivity index (χ3n) is 12.3. The summed E-state index contributed by atoms with van der Waals surface area (Å²) in [6.07, 6.45) is 0. The van der Waals surface area contributed by atoms with Gasteiger partial charge in [0.15, 0.2) is 0 Å². The van der Waals surface area contributed by atoms with Crippen LogP contribution in [0.1, 0.15) is 61.1 Å².